The maximum atomic E-state index is 12.2. The first kappa shape index (κ1) is 17.0. The van der Waals surface area contributed by atoms with Crippen LogP contribution in [0, 0.1) is 13.8 Å². The van der Waals surface area contributed by atoms with E-state index in [9.17, 15) is 14.7 Å². The number of carbonyl (C=O) groups is 2. The zero-order valence-electron chi connectivity index (χ0n) is 13.0. The molecule has 0 aliphatic rings. The molecule has 0 saturated heterocycles. The van der Waals surface area contributed by atoms with E-state index in [1.54, 1.807) is 24.3 Å². The van der Waals surface area contributed by atoms with Crippen molar-refractivity contribution in [3.05, 3.63) is 69.7 Å². The van der Waals surface area contributed by atoms with E-state index in [4.69, 9.17) is 11.6 Å². The van der Waals surface area contributed by atoms with Crippen LogP contribution in [0.5, 0.6) is 0 Å². The monoisotopic (exact) mass is 331 g/mol. The Bertz CT molecular complexity index is 705. The molecular weight excluding hydrogens is 314 g/mol. The highest BCUT2D eigenvalue weighted by Crippen LogP contribution is 2.16. The number of nitrogens with one attached hydrogen (secondary N) is 1. The standard InChI is InChI=1S/C18H18ClNO3/c1-11-4-3-5-12(2)15(11)10-16(18(22)23)20-17(21)13-6-8-14(19)9-7-13/h3-9,16H,10H2,1-2H3,(H,20,21)(H,22,23)/t16-/m0/s1. The molecule has 120 valence electrons. The minimum Gasteiger partial charge on any atom is -0.480 e. The highest BCUT2D eigenvalue weighted by Gasteiger charge is 2.22. The SMILES string of the molecule is Cc1cccc(C)c1C[C@H](NC(=O)c1ccc(Cl)cc1)C(=O)O. The average Bonchev–Trinajstić information content (AvgIpc) is 2.50. The maximum absolute atomic E-state index is 12.2. The fraction of sp³-hybridized carbons (Fsp3) is 0.222. The topological polar surface area (TPSA) is 66.4 Å². The van der Waals surface area contributed by atoms with Gasteiger partial charge in [0.05, 0.1) is 0 Å². The number of hydrogen-bond acceptors (Lipinski definition) is 2. The first-order chi connectivity index (χ1) is 10.9. The van der Waals surface area contributed by atoms with Crippen LogP contribution < -0.4 is 5.32 Å². The van der Waals surface area contributed by atoms with Gasteiger partial charge in [-0.05, 0) is 54.8 Å². The van der Waals surface area contributed by atoms with Crippen molar-refractivity contribution in [2.45, 2.75) is 26.3 Å². The minimum absolute atomic E-state index is 0.243. The van der Waals surface area contributed by atoms with Crippen LogP contribution in [0.3, 0.4) is 0 Å². The number of hydrogen-bond donors (Lipinski definition) is 2. The molecule has 1 atom stereocenters. The Morgan fingerprint density at radius 1 is 1.09 bits per heavy atom. The minimum atomic E-state index is -1.06. The average molecular weight is 332 g/mol. The van der Waals surface area contributed by atoms with E-state index in [1.165, 1.54) is 0 Å². The van der Waals surface area contributed by atoms with Gasteiger partial charge in [-0.25, -0.2) is 4.79 Å². The van der Waals surface area contributed by atoms with Gasteiger partial charge in [0.2, 0.25) is 0 Å². The second kappa shape index (κ2) is 7.29. The molecule has 0 aliphatic carbocycles. The van der Waals surface area contributed by atoms with Crippen LogP contribution in [0.25, 0.3) is 0 Å². The third kappa shape index (κ3) is 4.33. The summed E-state index contributed by atoms with van der Waals surface area (Å²) in [6.07, 6.45) is 0.243. The Morgan fingerprint density at radius 2 is 1.65 bits per heavy atom. The summed E-state index contributed by atoms with van der Waals surface area (Å²) in [5.41, 5.74) is 3.34. The zero-order chi connectivity index (χ0) is 17.0. The van der Waals surface area contributed by atoms with Crippen molar-refractivity contribution in [3.8, 4) is 0 Å². The molecule has 0 saturated carbocycles. The molecular formula is C18H18ClNO3. The third-order valence-electron chi connectivity index (χ3n) is 3.76. The molecule has 0 aromatic heterocycles. The van der Waals surface area contributed by atoms with Crippen molar-refractivity contribution in [2.24, 2.45) is 0 Å². The number of aryl methyl sites for hydroxylation is 2. The molecule has 0 fully saturated rings. The summed E-state index contributed by atoms with van der Waals surface area (Å²) >= 11 is 5.79. The van der Waals surface area contributed by atoms with Gasteiger partial charge in [-0.2, -0.15) is 0 Å². The molecule has 0 heterocycles. The second-order valence-corrected chi connectivity index (χ2v) is 5.88. The molecule has 2 aromatic rings. The van der Waals surface area contributed by atoms with E-state index < -0.39 is 17.9 Å². The van der Waals surface area contributed by atoms with Crippen LogP contribution in [0.15, 0.2) is 42.5 Å². The highest BCUT2D eigenvalue weighted by atomic mass is 35.5. The summed E-state index contributed by atoms with van der Waals surface area (Å²) in [6, 6.07) is 11.1. The molecule has 2 N–H and O–H groups in total. The van der Waals surface area contributed by atoms with Crippen LogP contribution in [0.4, 0.5) is 0 Å². The predicted molar refractivity (Wildman–Crippen MR) is 90.0 cm³/mol. The lowest BCUT2D eigenvalue weighted by Gasteiger charge is -2.17. The second-order valence-electron chi connectivity index (χ2n) is 5.45. The van der Waals surface area contributed by atoms with Crippen LogP contribution in [-0.4, -0.2) is 23.0 Å². The van der Waals surface area contributed by atoms with Crippen LogP contribution in [0.1, 0.15) is 27.0 Å². The van der Waals surface area contributed by atoms with Gasteiger partial charge in [0.25, 0.3) is 5.91 Å². The Labute approximate surface area is 140 Å². The Balaban J connectivity index is 2.17. The quantitative estimate of drug-likeness (QED) is 0.882. The van der Waals surface area contributed by atoms with Crippen LogP contribution >= 0.6 is 11.6 Å². The van der Waals surface area contributed by atoms with Gasteiger partial charge in [0.1, 0.15) is 6.04 Å². The Morgan fingerprint density at radius 3 is 2.17 bits per heavy atom. The smallest absolute Gasteiger partial charge is 0.326 e. The molecule has 1 amide bonds. The summed E-state index contributed by atoms with van der Waals surface area (Å²) in [6.45, 7) is 3.87. The summed E-state index contributed by atoms with van der Waals surface area (Å²) in [5, 5.41) is 12.5. The van der Waals surface area contributed by atoms with E-state index in [0.717, 1.165) is 16.7 Å². The Kier molecular flexibility index (Phi) is 5.40. The molecule has 4 nitrogen and oxygen atoms in total. The van der Waals surface area contributed by atoms with E-state index in [0.29, 0.717) is 10.6 Å². The van der Waals surface area contributed by atoms with Gasteiger partial charge in [0.15, 0.2) is 0 Å². The van der Waals surface area contributed by atoms with Gasteiger partial charge in [0, 0.05) is 17.0 Å². The molecule has 2 aromatic carbocycles. The van der Waals surface area contributed by atoms with E-state index in [2.05, 4.69) is 5.32 Å². The van der Waals surface area contributed by atoms with Gasteiger partial charge in [-0.1, -0.05) is 29.8 Å². The van der Waals surface area contributed by atoms with Crippen molar-refractivity contribution in [3.63, 3.8) is 0 Å². The van der Waals surface area contributed by atoms with Crippen molar-refractivity contribution in [1.29, 1.82) is 0 Å². The number of carboxylic acids is 1. The lowest BCUT2D eigenvalue weighted by molar-refractivity contribution is -0.139. The molecule has 0 radical (unpaired) electrons. The van der Waals surface area contributed by atoms with Gasteiger partial charge in [-0.3, -0.25) is 4.79 Å². The largest absolute Gasteiger partial charge is 0.480 e. The fourth-order valence-electron chi connectivity index (χ4n) is 2.42. The lowest BCUT2D eigenvalue weighted by Crippen LogP contribution is -2.42. The summed E-state index contributed by atoms with van der Waals surface area (Å²) in [5.74, 6) is -1.49. The van der Waals surface area contributed by atoms with Crippen molar-refractivity contribution in [1.82, 2.24) is 5.32 Å². The molecule has 0 aliphatic heterocycles. The lowest BCUT2D eigenvalue weighted by atomic mass is 9.96. The highest BCUT2D eigenvalue weighted by molar-refractivity contribution is 6.30. The number of halogens is 1. The van der Waals surface area contributed by atoms with Crippen molar-refractivity contribution in [2.75, 3.05) is 0 Å². The molecule has 0 bridgehead atoms. The van der Waals surface area contributed by atoms with Gasteiger partial charge >= 0.3 is 5.97 Å². The normalized spacial score (nSPS) is 11.8. The Hall–Kier alpha value is -2.33. The number of benzene rings is 2. The van der Waals surface area contributed by atoms with Crippen molar-refractivity contribution < 1.29 is 14.7 Å². The summed E-state index contributed by atoms with van der Waals surface area (Å²) in [4.78, 5) is 23.7. The van der Waals surface area contributed by atoms with Gasteiger partial charge in [-0.15, -0.1) is 0 Å². The number of rotatable bonds is 5. The number of carboxylic acid groups (broad SMARTS) is 1. The molecule has 2 rings (SSSR count). The zero-order valence-corrected chi connectivity index (χ0v) is 13.7. The molecule has 0 unspecified atom stereocenters. The fourth-order valence-corrected chi connectivity index (χ4v) is 2.54. The number of aliphatic carboxylic acids is 1. The van der Waals surface area contributed by atoms with Crippen molar-refractivity contribution >= 4 is 23.5 Å². The van der Waals surface area contributed by atoms with Crippen LogP contribution in [-0.2, 0) is 11.2 Å². The van der Waals surface area contributed by atoms with Gasteiger partial charge < -0.3 is 10.4 Å². The molecule has 0 spiro atoms. The predicted octanol–water partition coefficient (Wildman–Crippen LogP) is 3.38. The maximum Gasteiger partial charge on any atom is 0.326 e. The summed E-state index contributed by atoms with van der Waals surface area (Å²) in [7, 11) is 0. The number of carbonyl (C=O) groups excluding carboxylic acids is 1. The number of amides is 1. The molecule has 5 heteroatoms. The van der Waals surface area contributed by atoms with E-state index in [-0.39, 0.29) is 6.42 Å². The van der Waals surface area contributed by atoms with E-state index >= 15 is 0 Å². The first-order valence-electron chi connectivity index (χ1n) is 7.23. The van der Waals surface area contributed by atoms with Crippen LogP contribution in [0.2, 0.25) is 5.02 Å². The third-order valence-corrected chi connectivity index (χ3v) is 4.01. The first-order valence-corrected chi connectivity index (χ1v) is 7.60. The summed E-state index contributed by atoms with van der Waals surface area (Å²) < 4.78 is 0. The molecule has 23 heavy (non-hydrogen) atoms. The van der Waals surface area contributed by atoms with E-state index in [1.807, 2.05) is 32.0 Å².